The van der Waals surface area contributed by atoms with E-state index in [9.17, 15) is 4.79 Å². The van der Waals surface area contributed by atoms with Crippen LogP contribution < -0.4 is 5.32 Å². The molecule has 0 unspecified atom stereocenters. The number of rotatable bonds is 2. The lowest BCUT2D eigenvalue weighted by Crippen LogP contribution is -2.34. The van der Waals surface area contributed by atoms with Crippen molar-refractivity contribution in [2.75, 3.05) is 26.2 Å². The maximum absolute atomic E-state index is 12.9. The molecule has 6 nitrogen and oxygen atoms in total. The number of nitrogens with zero attached hydrogens (tertiary/aromatic N) is 4. The first-order valence-corrected chi connectivity index (χ1v) is 7.23. The van der Waals surface area contributed by atoms with Crippen LogP contribution in [0.15, 0.2) is 30.6 Å². The standard InChI is InChI=1S/C15H19N5O/c1-12-3-4-14(20-17-6-7-18-20)13(11-12)15(21)19-9-2-5-16-8-10-19/h3-4,6-7,11,16H,2,5,8-10H2,1H3. The van der Waals surface area contributed by atoms with Gasteiger partial charge in [-0.3, -0.25) is 4.79 Å². The summed E-state index contributed by atoms with van der Waals surface area (Å²) in [6.45, 7) is 5.31. The van der Waals surface area contributed by atoms with E-state index in [1.54, 1.807) is 12.4 Å². The molecule has 0 atom stereocenters. The summed E-state index contributed by atoms with van der Waals surface area (Å²) in [4.78, 5) is 16.3. The van der Waals surface area contributed by atoms with Gasteiger partial charge in [0.15, 0.2) is 0 Å². The number of hydrogen-bond acceptors (Lipinski definition) is 4. The van der Waals surface area contributed by atoms with Crippen LogP contribution in [-0.4, -0.2) is 52.0 Å². The molecular weight excluding hydrogens is 266 g/mol. The number of benzene rings is 1. The molecule has 1 amide bonds. The summed E-state index contributed by atoms with van der Waals surface area (Å²) in [5.41, 5.74) is 2.45. The van der Waals surface area contributed by atoms with Gasteiger partial charge in [-0.2, -0.15) is 15.0 Å². The molecule has 0 radical (unpaired) electrons. The van der Waals surface area contributed by atoms with Gasteiger partial charge >= 0.3 is 0 Å². The van der Waals surface area contributed by atoms with E-state index in [1.807, 2.05) is 30.0 Å². The van der Waals surface area contributed by atoms with Gasteiger partial charge in [-0.1, -0.05) is 11.6 Å². The van der Waals surface area contributed by atoms with Crippen LogP contribution in [0.1, 0.15) is 22.3 Å². The lowest BCUT2D eigenvalue weighted by molar-refractivity contribution is 0.0766. The van der Waals surface area contributed by atoms with Gasteiger partial charge in [0, 0.05) is 19.6 Å². The number of nitrogens with one attached hydrogen (secondary N) is 1. The second-order valence-electron chi connectivity index (χ2n) is 5.23. The number of amides is 1. The number of aryl methyl sites for hydroxylation is 1. The minimum absolute atomic E-state index is 0.0506. The van der Waals surface area contributed by atoms with Crippen molar-refractivity contribution in [2.45, 2.75) is 13.3 Å². The predicted molar refractivity (Wildman–Crippen MR) is 79.5 cm³/mol. The van der Waals surface area contributed by atoms with Crippen LogP contribution >= 0.6 is 0 Å². The Morgan fingerprint density at radius 2 is 2.00 bits per heavy atom. The quantitative estimate of drug-likeness (QED) is 0.894. The summed E-state index contributed by atoms with van der Waals surface area (Å²) in [5.74, 6) is 0.0506. The largest absolute Gasteiger partial charge is 0.337 e. The van der Waals surface area contributed by atoms with Gasteiger partial charge in [0.25, 0.3) is 5.91 Å². The fourth-order valence-corrected chi connectivity index (χ4v) is 2.55. The Morgan fingerprint density at radius 1 is 1.19 bits per heavy atom. The first kappa shape index (κ1) is 13.8. The second-order valence-corrected chi connectivity index (χ2v) is 5.23. The van der Waals surface area contributed by atoms with E-state index in [1.165, 1.54) is 4.80 Å². The minimum Gasteiger partial charge on any atom is -0.337 e. The van der Waals surface area contributed by atoms with Gasteiger partial charge < -0.3 is 10.2 Å². The molecule has 1 aliphatic rings. The van der Waals surface area contributed by atoms with Crippen molar-refractivity contribution in [3.63, 3.8) is 0 Å². The van der Waals surface area contributed by atoms with Crippen LogP contribution in [0.25, 0.3) is 5.69 Å². The second kappa shape index (κ2) is 6.05. The molecule has 2 aromatic rings. The molecule has 1 aromatic carbocycles. The molecule has 1 aliphatic heterocycles. The maximum Gasteiger partial charge on any atom is 0.256 e. The van der Waals surface area contributed by atoms with Crippen LogP contribution in [0, 0.1) is 6.92 Å². The van der Waals surface area contributed by atoms with E-state index in [0.717, 1.165) is 43.9 Å². The molecule has 6 heteroatoms. The van der Waals surface area contributed by atoms with Crippen LogP contribution in [0.5, 0.6) is 0 Å². The molecule has 21 heavy (non-hydrogen) atoms. The molecule has 1 N–H and O–H groups in total. The molecule has 1 saturated heterocycles. The van der Waals surface area contributed by atoms with Gasteiger partial charge in [-0.05, 0) is 32.0 Å². The number of carbonyl (C=O) groups excluding carboxylic acids is 1. The molecule has 2 heterocycles. The highest BCUT2D eigenvalue weighted by molar-refractivity contribution is 5.98. The first-order chi connectivity index (χ1) is 10.3. The van der Waals surface area contributed by atoms with Crippen molar-refractivity contribution in [2.24, 2.45) is 0 Å². The van der Waals surface area contributed by atoms with Crippen LogP contribution in [0.4, 0.5) is 0 Å². The van der Waals surface area contributed by atoms with Crippen molar-refractivity contribution in [1.29, 1.82) is 0 Å². The van der Waals surface area contributed by atoms with Crippen LogP contribution in [-0.2, 0) is 0 Å². The van der Waals surface area contributed by atoms with Crippen LogP contribution in [0.3, 0.4) is 0 Å². The van der Waals surface area contributed by atoms with E-state index < -0.39 is 0 Å². The monoisotopic (exact) mass is 285 g/mol. The molecule has 0 bridgehead atoms. The molecule has 1 fully saturated rings. The summed E-state index contributed by atoms with van der Waals surface area (Å²) in [6, 6.07) is 5.79. The average Bonchev–Trinajstić information content (AvgIpc) is 2.88. The molecule has 110 valence electrons. The Hall–Kier alpha value is -2.21. The Morgan fingerprint density at radius 3 is 2.81 bits per heavy atom. The molecule has 3 rings (SSSR count). The van der Waals surface area contributed by atoms with Crippen molar-refractivity contribution in [3.05, 3.63) is 41.7 Å². The third kappa shape index (κ3) is 2.95. The maximum atomic E-state index is 12.9. The third-order valence-electron chi connectivity index (χ3n) is 3.64. The zero-order valence-corrected chi connectivity index (χ0v) is 12.1. The topological polar surface area (TPSA) is 63.1 Å². The fourth-order valence-electron chi connectivity index (χ4n) is 2.55. The highest BCUT2D eigenvalue weighted by Gasteiger charge is 2.21. The molecular formula is C15H19N5O. The highest BCUT2D eigenvalue weighted by Crippen LogP contribution is 2.17. The van der Waals surface area contributed by atoms with E-state index >= 15 is 0 Å². The Balaban J connectivity index is 1.96. The summed E-state index contributed by atoms with van der Waals surface area (Å²) in [7, 11) is 0. The van der Waals surface area contributed by atoms with Crippen molar-refractivity contribution < 1.29 is 4.79 Å². The van der Waals surface area contributed by atoms with Crippen molar-refractivity contribution >= 4 is 5.91 Å². The normalized spacial score (nSPS) is 15.8. The molecule has 0 aliphatic carbocycles. The van der Waals surface area contributed by atoms with E-state index in [4.69, 9.17) is 0 Å². The summed E-state index contributed by atoms with van der Waals surface area (Å²) >= 11 is 0. The zero-order chi connectivity index (χ0) is 14.7. The Bertz CT molecular complexity index is 615. The van der Waals surface area contributed by atoms with Crippen molar-refractivity contribution in [3.8, 4) is 5.69 Å². The lowest BCUT2D eigenvalue weighted by Gasteiger charge is -2.21. The fraction of sp³-hybridized carbons (Fsp3) is 0.400. The summed E-state index contributed by atoms with van der Waals surface area (Å²) < 4.78 is 0. The smallest absolute Gasteiger partial charge is 0.256 e. The molecule has 1 aromatic heterocycles. The lowest BCUT2D eigenvalue weighted by atomic mass is 10.1. The average molecular weight is 285 g/mol. The zero-order valence-electron chi connectivity index (χ0n) is 12.1. The highest BCUT2D eigenvalue weighted by atomic mass is 16.2. The molecule has 0 saturated carbocycles. The third-order valence-corrected chi connectivity index (χ3v) is 3.64. The Labute approximate surface area is 123 Å². The first-order valence-electron chi connectivity index (χ1n) is 7.23. The molecule has 0 spiro atoms. The van der Waals surface area contributed by atoms with E-state index in [0.29, 0.717) is 5.56 Å². The number of hydrogen-bond donors (Lipinski definition) is 1. The SMILES string of the molecule is Cc1ccc(-n2nccn2)c(C(=O)N2CCCNCC2)c1. The van der Waals surface area contributed by atoms with Gasteiger partial charge in [-0.15, -0.1) is 0 Å². The number of aromatic nitrogens is 3. The van der Waals surface area contributed by atoms with Gasteiger partial charge in [0.2, 0.25) is 0 Å². The Kier molecular flexibility index (Phi) is 3.96. The minimum atomic E-state index is 0.0506. The van der Waals surface area contributed by atoms with E-state index in [-0.39, 0.29) is 5.91 Å². The number of carbonyl (C=O) groups is 1. The van der Waals surface area contributed by atoms with Gasteiger partial charge in [0.05, 0.1) is 23.6 Å². The van der Waals surface area contributed by atoms with Gasteiger partial charge in [0.1, 0.15) is 0 Å². The predicted octanol–water partition coefficient (Wildman–Crippen LogP) is 1.01. The van der Waals surface area contributed by atoms with E-state index in [2.05, 4.69) is 15.5 Å². The summed E-state index contributed by atoms with van der Waals surface area (Å²) in [6.07, 6.45) is 4.21. The van der Waals surface area contributed by atoms with Crippen LogP contribution in [0.2, 0.25) is 0 Å². The summed E-state index contributed by atoms with van der Waals surface area (Å²) in [5, 5.41) is 11.6. The van der Waals surface area contributed by atoms with Crippen molar-refractivity contribution in [1.82, 2.24) is 25.2 Å². The van der Waals surface area contributed by atoms with Gasteiger partial charge in [-0.25, -0.2) is 0 Å².